The van der Waals surface area contributed by atoms with E-state index < -0.39 is 17.3 Å². The van der Waals surface area contributed by atoms with Crippen LogP contribution < -0.4 is 10.9 Å². The SMILES string of the molecule is CN(C)CCNC(=O)Cn1c(=O)ccc2cc(C(F)(F)F)ccc21. The van der Waals surface area contributed by atoms with Gasteiger partial charge in [-0.3, -0.25) is 14.2 Å². The molecule has 0 aliphatic heterocycles. The molecule has 1 aromatic heterocycles. The lowest BCUT2D eigenvalue weighted by Gasteiger charge is -2.13. The molecule has 0 saturated heterocycles. The van der Waals surface area contributed by atoms with Crippen LogP contribution in [0.1, 0.15) is 5.56 Å². The number of alkyl halides is 3. The number of hydrogen-bond acceptors (Lipinski definition) is 3. The molecule has 1 heterocycles. The lowest BCUT2D eigenvalue weighted by atomic mass is 10.1. The van der Waals surface area contributed by atoms with Gasteiger partial charge >= 0.3 is 6.18 Å². The number of amides is 1. The minimum atomic E-state index is -4.46. The summed E-state index contributed by atoms with van der Waals surface area (Å²) in [5.41, 5.74) is -0.945. The summed E-state index contributed by atoms with van der Waals surface area (Å²) in [5.74, 6) is -0.369. The summed E-state index contributed by atoms with van der Waals surface area (Å²) in [6.07, 6.45) is -4.46. The van der Waals surface area contributed by atoms with Gasteiger partial charge in [-0.2, -0.15) is 13.2 Å². The Morgan fingerprint density at radius 3 is 2.54 bits per heavy atom. The molecule has 0 unspecified atom stereocenters. The molecule has 0 aliphatic rings. The Hall–Kier alpha value is -2.35. The van der Waals surface area contributed by atoms with E-state index in [1.165, 1.54) is 16.7 Å². The van der Waals surface area contributed by atoms with Crippen molar-refractivity contribution in [3.63, 3.8) is 0 Å². The highest BCUT2D eigenvalue weighted by Crippen LogP contribution is 2.31. The predicted molar refractivity (Wildman–Crippen MR) is 84.8 cm³/mol. The smallest absolute Gasteiger partial charge is 0.353 e. The lowest BCUT2D eigenvalue weighted by molar-refractivity contribution is -0.137. The van der Waals surface area contributed by atoms with Crippen molar-refractivity contribution < 1.29 is 18.0 Å². The van der Waals surface area contributed by atoms with Crippen molar-refractivity contribution in [3.05, 3.63) is 46.2 Å². The second-order valence-electron chi connectivity index (χ2n) is 5.68. The quantitative estimate of drug-likeness (QED) is 0.901. The third kappa shape index (κ3) is 4.35. The Bertz CT molecular complexity index is 797. The number of carbonyl (C=O) groups excluding carboxylic acids is 1. The monoisotopic (exact) mass is 341 g/mol. The molecule has 2 aromatic rings. The summed E-state index contributed by atoms with van der Waals surface area (Å²) >= 11 is 0. The molecule has 0 aliphatic carbocycles. The van der Waals surface area contributed by atoms with E-state index in [1.54, 1.807) is 0 Å². The van der Waals surface area contributed by atoms with E-state index in [0.717, 1.165) is 18.2 Å². The van der Waals surface area contributed by atoms with Gasteiger partial charge in [-0.1, -0.05) is 0 Å². The van der Waals surface area contributed by atoms with Crippen LogP contribution in [-0.2, 0) is 17.5 Å². The van der Waals surface area contributed by atoms with Crippen molar-refractivity contribution in [1.82, 2.24) is 14.8 Å². The zero-order valence-corrected chi connectivity index (χ0v) is 13.4. The molecular weight excluding hydrogens is 323 g/mol. The average molecular weight is 341 g/mol. The first-order valence-electron chi connectivity index (χ1n) is 7.31. The fourth-order valence-corrected chi connectivity index (χ4v) is 2.26. The molecule has 1 aromatic carbocycles. The summed E-state index contributed by atoms with van der Waals surface area (Å²) < 4.78 is 39.5. The van der Waals surface area contributed by atoms with Gasteiger partial charge in [0.2, 0.25) is 5.91 Å². The van der Waals surface area contributed by atoms with Gasteiger partial charge < -0.3 is 10.2 Å². The van der Waals surface area contributed by atoms with Crippen LogP contribution in [0.5, 0.6) is 0 Å². The van der Waals surface area contributed by atoms with Crippen LogP contribution in [0, 0.1) is 0 Å². The molecule has 1 N–H and O–H groups in total. The van der Waals surface area contributed by atoms with Crippen LogP contribution in [0.2, 0.25) is 0 Å². The van der Waals surface area contributed by atoms with Gasteiger partial charge in [0, 0.05) is 19.2 Å². The molecule has 0 bridgehead atoms. The molecule has 0 saturated carbocycles. The van der Waals surface area contributed by atoms with Crippen LogP contribution in [0.3, 0.4) is 0 Å². The Labute approximate surface area is 136 Å². The Kier molecular flexibility index (Phi) is 5.28. The number of carbonyl (C=O) groups is 1. The number of pyridine rings is 1. The van der Waals surface area contributed by atoms with Gasteiger partial charge in [-0.15, -0.1) is 0 Å². The van der Waals surface area contributed by atoms with Gasteiger partial charge in [0.25, 0.3) is 5.56 Å². The van der Waals surface area contributed by atoms with Crippen molar-refractivity contribution >= 4 is 16.8 Å². The maximum absolute atomic E-state index is 12.8. The standard InChI is InChI=1S/C16H18F3N3O2/c1-21(2)8-7-20-14(23)10-22-13-5-4-12(16(17,18)19)9-11(13)3-6-15(22)24/h3-6,9H,7-8,10H2,1-2H3,(H,20,23). The third-order valence-electron chi connectivity index (χ3n) is 3.50. The molecule has 130 valence electrons. The second-order valence-corrected chi connectivity index (χ2v) is 5.68. The zero-order valence-electron chi connectivity index (χ0n) is 13.4. The number of benzene rings is 1. The summed E-state index contributed by atoms with van der Waals surface area (Å²) in [6.45, 7) is 0.823. The lowest BCUT2D eigenvalue weighted by Crippen LogP contribution is -2.36. The molecule has 0 radical (unpaired) electrons. The minimum Gasteiger partial charge on any atom is -0.353 e. The van der Waals surface area contributed by atoms with E-state index in [9.17, 15) is 22.8 Å². The maximum Gasteiger partial charge on any atom is 0.416 e. The summed E-state index contributed by atoms with van der Waals surface area (Å²) in [5, 5.41) is 2.92. The minimum absolute atomic E-state index is 0.241. The number of fused-ring (bicyclic) bond motifs is 1. The molecular formula is C16H18F3N3O2. The zero-order chi connectivity index (χ0) is 17.9. The number of nitrogens with one attached hydrogen (secondary N) is 1. The first-order chi connectivity index (χ1) is 11.2. The normalized spacial score (nSPS) is 11.9. The molecule has 24 heavy (non-hydrogen) atoms. The second kappa shape index (κ2) is 7.04. The summed E-state index contributed by atoms with van der Waals surface area (Å²) in [6, 6.07) is 5.58. The highest BCUT2D eigenvalue weighted by atomic mass is 19.4. The molecule has 0 fully saturated rings. The van der Waals surface area contributed by atoms with Crippen molar-refractivity contribution in [3.8, 4) is 0 Å². The summed E-state index contributed by atoms with van der Waals surface area (Å²) in [4.78, 5) is 25.8. The topological polar surface area (TPSA) is 54.3 Å². The van der Waals surface area contributed by atoms with E-state index in [0.29, 0.717) is 18.6 Å². The number of hydrogen-bond donors (Lipinski definition) is 1. The van der Waals surface area contributed by atoms with E-state index in [1.807, 2.05) is 19.0 Å². The molecule has 5 nitrogen and oxygen atoms in total. The molecule has 8 heteroatoms. The van der Waals surface area contributed by atoms with E-state index in [-0.39, 0.29) is 17.8 Å². The van der Waals surface area contributed by atoms with E-state index >= 15 is 0 Å². The van der Waals surface area contributed by atoms with Crippen LogP contribution >= 0.6 is 0 Å². The maximum atomic E-state index is 12.8. The van der Waals surface area contributed by atoms with Gasteiger partial charge in [0.15, 0.2) is 0 Å². The number of rotatable bonds is 5. The van der Waals surface area contributed by atoms with Crippen molar-refractivity contribution in [2.24, 2.45) is 0 Å². The van der Waals surface area contributed by atoms with Gasteiger partial charge in [-0.05, 0) is 43.7 Å². The largest absolute Gasteiger partial charge is 0.416 e. The van der Waals surface area contributed by atoms with Crippen molar-refractivity contribution in [1.29, 1.82) is 0 Å². The van der Waals surface area contributed by atoms with Crippen LogP contribution in [0.4, 0.5) is 13.2 Å². The average Bonchev–Trinajstić information content (AvgIpc) is 2.48. The van der Waals surface area contributed by atoms with Crippen LogP contribution in [0.15, 0.2) is 35.1 Å². The fourth-order valence-electron chi connectivity index (χ4n) is 2.26. The molecule has 0 atom stereocenters. The molecule has 0 spiro atoms. The molecule has 1 amide bonds. The van der Waals surface area contributed by atoms with Crippen molar-refractivity contribution in [2.45, 2.75) is 12.7 Å². The molecule has 2 rings (SSSR count). The Balaban J connectivity index is 2.28. The van der Waals surface area contributed by atoms with Gasteiger partial charge in [-0.25, -0.2) is 0 Å². The summed E-state index contributed by atoms with van der Waals surface area (Å²) in [7, 11) is 3.72. The van der Waals surface area contributed by atoms with E-state index in [4.69, 9.17) is 0 Å². The van der Waals surface area contributed by atoms with E-state index in [2.05, 4.69) is 5.32 Å². The fraction of sp³-hybridized carbons (Fsp3) is 0.375. The Morgan fingerprint density at radius 1 is 1.21 bits per heavy atom. The Morgan fingerprint density at radius 2 is 1.92 bits per heavy atom. The van der Waals surface area contributed by atoms with Gasteiger partial charge in [0.05, 0.1) is 11.1 Å². The highest BCUT2D eigenvalue weighted by Gasteiger charge is 2.30. The number of halogens is 3. The van der Waals surface area contributed by atoms with Crippen LogP contribution in [0.25, 0.3) is 10.9 Å². The van der Waals surface area contributed by atoms with Crippen molar-refractivity contribution in [2.75, 3.05) is 27.2 Å². The first-order valence-corrected chi connectivity index (χ1v) is 7.31. The van der Waals surface area contributed by atoms with Crippen LogP contribution in [-0.4, -0.2) is 42.6 Å². The van der Waals surface area contributed by atoms with Gasteiger partial charge in [0.1, 0.15) is 6.54 Å². The first kappa shape index (κ1) is 18.0. The third-order valence-corrected chi connectivity index (χ3v) is 3.50. The predicted octanol–water partition coefficient (Wildman–Crippen LogP) is 1.70. The number of aromatic nitrogens is 1. The number of likely N-dealkylation sites (N-methyl/N-ethyl adjacent to an activating group) is 1. The highest BCUT2D eigenvalue weighted by molar-refractivity contribution is 5.82. The number of nitrogens with zero attached hydrogens (tertiary/aromatic N) is 2.